The molecule has 0 saturated heterocycles. The summed E-state index contributed by atoms with van der Waals surface area (Å²) in [6, 6.07) is 9.04. The van der Waals surface area contributed by atoms with Crippen molar-refractivity contribution < 1.29 is 9.53 Å². The van der Waals surface area contributed by atoms with Crippen LogP contribution < -0.4 is 4.74 Å². The van der Waals surface area contributed by atoms with E-state index in [1.165, 1.54) is 0 Å². The third-order valence-electron chi connectivity index (χ3n) is 1.61. The smallest absolute Gasteiger partial charge is 0.312 e. The van der Waals surface area contributed by atoms with Crippen LogP contribution in [0.1, 0.15) is 33.6 Å². The van der Waals surface area contributed by atoms with Crippen molar-refractivity contribution in [3.8, 4) is 17.6 Å². The van der Waals surface area contributed by atoms with E-state index in [2.05, 4.69) is 11.8 Å². The molecule has 2 nitrogen and oxygen atoms in total. The minimum absolute atomic E-state index is 0.237. The van der Waals surface area contributed by atoms with E-state index in [0.717, 1.165) is 0 Å². The molecule has 0 fully saturated rings. The maximum Gasteiger partial charge on any atom is 0.312 e. The first kappa shape index (κ1) is 14.2. The summed E-state index contributed by atoms with van der Waals surface area (Å²) in [5.74, 6) is 5.89. The van der Waals surface area contributed by atoms with Crippen molar-refractivity contribution in [2.24, 2.45) is 0 Å². The molecule has 0 radical (unpaired) electrons. The average Bonchev–Trinajstić information content (AvgIpc) is 2.33. The van der Waals surface area contributed by atoms with E-state index in [1.54, 1.807) is 19.1 Å². The Bertz CT molecular complexity index is 344. The van der Waals surface area contributed by atoms with Crippen LogP contribution in [0, 0.1) is 11.8 Å². The van der Waals surface area contributed by atoms with Gasteiger partial charge in [-0.25, -0.2) is 0 Å². The molecule has 0 amide bonds. The third-order valence-corrected chi connectivity index (χ3v) is 1.61. The summed E-state index contributed by atoms with van der Waals surface area (Å²) in [4.78, 5) is 11.2. The van der Waals surface area contributed by atoms with E-state index in [0.29, 0.717) is 18.6 Å². The van der Waals surface area contributed by atoms with Crippen molar-refractivity contribution in [3.05, 3.63) is 30.3 Å². The van der Waals surface area contributed by atoms with Crippen LogP contribution in [0.2, 0.25) is 0 Å². The highest BCUT2D eigenvalue weighted by Crippen LogP contribution is 2.09. The number of carbonyl (C=O) groups excluding carboxylic acids is 1. The molecular formula is C14H18O2. The van der Waals surface area contributed by atoms with Gasteiger partial charge in [0.1, 0.15) is 5.75 Å². The predicted octanol–water partition coefficient (Wildman–Crippen LogP) is 3.42. The predicted molar refractivity (Wildman–Crippen MR) is 66.1 cm³/mol. The highest BCUT2D eigenvalue weighted by atomic mass is 16.5. The first-order chi connectivity index (χ1) is 7.83. The number of hydrogen-bond acceptors (Lipinski definition) is 2. The van der Waals surface area contributed by atoms with E-state index < -0.39 is 0 Å². The molecule has 0 aliphatic heterocycles. The highest BCUT2D eigenvalue weighted by molar-refractivity contribution is 5.72. The van der Waals surface area contributed by atoms with Crippen molar-refractivity contribution in [2.75, 3.05) is 0 Å². The van der Waals surface area contributed by atoms with Crippen LogP contribution in [0.15, 0.2) is 30.3 Å². The molecule has 0 N–H and O–H groups in total. The zero-order chi connectivity index (χ0) is 12.2. The third kappa shape index (κ3) is 6.67. The molecule has 0 aromatic heterocycles. The Morgan fingerprint density at radius 1 is 1.25 bits per heavy atom. The molecule has 0 saturated carbocycles. The fourth-order valence-electron chi connectivity index (χ4n) is 0.961. The zero-order valence-corrected chi connectivity index (χ0v) is 10.1. The van der Waals surface area contributed by atoms with Gasteiger partial charge in [0.05, 0.1) is 6.42 Å². The molecule has 1 aromatic rings. The van der Waals surface area contributed by atoms with Gasteiger partial charge >= 0.3 is 5.97 Å². The number of hydrogen-bond donors (Lipinski definition) is 0. The molecule has 0 aliphatic carbocycles. The number of esters is 1. The van der Waals surface area contributed by atoms with Crippen LogP contribution in [0.5, 0.6) is 5.75 Å². The average molecular weight is 218 g/mol. The van der Waals surface area contributed by atoms with Crippen LogP contribution in [-0.4, -0.2) is 5.97 Å². The van der Waals surface area contributed by atoms with Gasteiger partial charge in [0, 0.05) is 6.42 Å². The Hall–Kier alpha value is -1.75. The second kappa shape index (κ2) is 9.79. The van der Waals surface area contributed by atoms with Crippen LogP contribution in [0.25, 0.3) is 0 Å². The maximum absolute atomic E-state index is 11.2. The molecular weight excluding hydrogens is 200 g/mol. The van der Waals surface area contributed by atoms with Crippen LogP contribution in [0.4, 0.5) is 0 Å². The van der Waals surface area contributed by atoms with E-state index in [1.807, 2.05) is 32.0 Å². The summed E-state index contributed by atoms with van der Waals surface area (Å²) < 4.78 is 5.05. The van der Waals surface area contributed by atoms with E-state index in [-0.39, 0.29) is 5.97 Å². The molecule has 1 aromatic carbocycles. The normalized spacial score (nSPS) is 7.94. The van der Waals surface area contributed by atoms with E-state index >= 15 is 0 Å². The van der Waals surface area contributed by atoms with Gasteiger partial charge in [0.25, 0.3) is 0 Å². The van der Waals surface area contributed by atoms with E-state index in [9.17, 15) is 4.79 Å². The lowest BCUT2D eigenvalue weighted by Crippen LogP contribution is -2.06. The lowest BCUT2D eigenvalue weighted by Gasteiger charge is -2.01. The number of benzene rings is 1. The Balaban J connectivity index is 0.00000106. The van der Waals surface area contributed by atoms with Crippen LogP contribution in [0.3, 0.4) is 0 Å². The van der Waals surface area contributed by atoms with Crippen LogP contribution in [-0.2, 0) is 4.79 Å². The summed E-state index contributed by atoms with van der Waals surface area (Å²) in [5.41, 5.74) is 0. The lowest BCUT2D eigenvalue weighted by molar-refractivity contribution is -0.134. The van der Waals surface area contributed by atoms with Crippen molar-refractivity contribution in [1.29, 1.82) is 0 Å². The van der Waals surface area contributed by atoms with Gasteiger partial charge in [-0.05, 0) is 19.1 Å². The summed E-state index contributed by atoms with van der Waals surface area (Å²) in [5, 5.41) is 0. The van der Waals surface area contributed by atoms with Crippen molar-refractivity contribution in [3.63, 3.8) is 0 Å². The number of ether oxygens (including phenoxy) is 1. The topological polar surface area (TPSA) is 26.3 Å². The molecule has 0 atom stereocenters. The molecule has 0 heterocycles. The maximum atomic E-state index is 11.2. The largest absolute Gasteiger partial charge is 0.427 e. The standard InChI is InChI=1S/C12H12O2.C2H6/c1-2-3-5-10-12(13)14-11-8-6-4-7-9-11;1-2/h4,6-9H,5,10H2,1H3;1-2H3. The molecule has 0 bridgehead atoms. The second-order valence-corrected chi connectivity index (χ2v) is 2.71. The van der Waals surface area contributed by atoms with Gasteiger partial charge in [0.15, 0.2) is 0 Å². The molecule has 0 unspecified atom stereocenters. The second-order valence-electron chi connectivity index (χ2n) is 2.71. The highest BCUT2D eigenvalue weighted by Gasteiger charge is 2.01. The van der Waals surface area contributed by atoms with Crippen molar-refractivity contribution >= 4 is 5.97 Å². The summed E-state index contributed by atoms with van der Waals surface area (Å²) >= 11 is 0. The fourth-order valence-corrected chi connectivity index (χ4v) is 0.961. The first-order valence-corrected chi connectivity index (χ1v) is 5.48. The number of para-hydroxylation sites is 1. The van der Waals surface area contributed by atoms with Crippen LogP contribution >= 0.6 is 0 Å². The molecule has 16 heavy (non-hydrogen) atoms. The van der Waals surface area contributed by atoms with Gasteiger partial charge in [-0.15, -0.1) is 11.8 Å². The van der Waals surface area contributed by atoms with Gasteiger partial charge < -0.3 is 4.74 Å². The molecule has 0 aliphatic rings. The SMILES string of the molecule is CC.CC#CCCC(=O)Oc1ccccc1. The Kier molecular flexibility index (Phi) is 8.72. The minimum atomic E-state index is -0.237. The molecule has 1 rings (SSSR count). The monoisotopic (exact) mass is 218 g/mol. The first-order valence-electron chi connectivity index (χ1n) is 5.48. The molecule has 0 spiro atoms. The quantitative estimate of drug-likeness (QED) is 0.441. The van der Waals surface area contributed by atoms with Crippen molar-refractivity contribution in [1.82, 2.24) is 0 Å². The summed E-state index contributed by atoms with van der Waals surface area (Å²) in [7, 11) is 0. The molecule has 2 heteroatoms. The Morgan fingerprint density at radius 2 is 1.88 bits per heavy atom. The Labute approximate surface area is 97.6 Å². The van der Waals surface area contributed by atoms with Crippen molar-refractivity contribution in [2.45, 2.75) is 33.6 Å². The van der Waals surface area contributed by atoms with Gasteiger partial charge in [-0.2, -0.15) is 0 Å². The lowest BCUT2D eigenvalue weighted by atomic mass is 10.3. The zero-order valence-electron chi connectivity index (χ0n) is 10.1. The molecule has 86 valence electrons. The van der Waals surface area contributed by atoms with Gasteiger partial charge in [-0.3, -0.25) is 4.79 Å². The number of carbonyl (C=O) groups is 1. The summed E-state index contributed by atoms with van der Waals surface area (Å²) in [6.07, 6.45) is 0.901. The fraction of sp³-hybridized carbons (Fsp3) is 0.357. The van der Waals surface area contributed by atoms with Gasteiger partial charge in [0.2, 0.25) is 0 Å². The Morgan fingerprint density at radius 3 is 2.44 bits per heavy atom. The number of rotatable bonds is 3. The minimum Gasteiger partial charge on any atom is -0.427 e. The van der Waals surface area contributed by atoms with Gasteiger partial charge in [-0.1, -0.05) is 32.0 Å². The van der Waals surface area contributed by atoms with E-state index in [4.69, 9.17) is 4.74 Å². The summed E-state index contributed by atoms with van der Waals surface area (Å²) in [6.45, 7) is 5.75.